The molecule has 3 atom stereocenters. The number of urea groups is 1. The lowest BCUT2D eigenvalue weighted by Gasteiger charge is -2.23. The van der Waals surface area contributed by atoms with Crippen molar-refractivity contribution in [3.05, 3.63) is 0 Å². The lowest BCUT2D eigenvalue weighted by atomic mass is 10.0. The van der Waals surface area contributed by atoms with E-state index >= 15 is 0 Å². The Labute approximate surface area is 90.8 Å². The standard InChI is InChI=1S/C10H21N3O2/c1-5-6(2)7(3)12-8(4)9(14)13-10(11)15/h6-8,12H,5H2,1-4H3,(H3,11,13,14,15). The Bertz CT molecular complexity index is 231. The van der Waals surface area contributed by atoms with Crippen LogP contribution >= 0.6 is 0 Å². The Morgan fingerprint density at radius 3 is 2.20 bits per heavy atom. The molecule has 0 aromatic rings. The molecule has 0 saturated heterocycles. The summed E-state index contributed by atoms with van der Waals surface area (Å²) in [7, 11) is 0. The average molecular weight is 215 g/mol. The number of nitrogens with one attached hydrogen (secondary N) is 2. The van der Waals surface area contributed by atoms with Crippen LogP contribution in [0, 0.1) is 5.92 Å². The molecule has 0 rings (SSSR count). The van der Waals surface area contributed by atoms with Crippen molar-refractivity contribution in [1.82, 2.24) is 10.6 Å². The lowest BCUT2D eigenvalue weighted by molar-refractivity contribution is -0.121. The molecule has 3 amide bonds. The maximum atomic E-state index is 11.3. The molecule has 0 radical (unpaired) electrons. The van der Waals surface area contributed by atoms with Gasteiger partial charge < -0.3 is 11.1 Å². The topological polar surface area (TPSA) is 84.2 Å². The van der Waals surface area contributed by atoms with Crippen LogP contribution in [-0.4, -0.2) is 24.0 Å². The number of carbonyl (C=O) groups excluding carboxylic acids is 2. The van der Waals surface area contributed by atoms with Crippen LogP contribution < -0.4 is 16.4 Å². The average Bonchev–Trinajstić information content (AvgIpc) is 2.15. The second-order valence-corrected chi connectivity index (χ2v) is 3.92. The van der Waals surface area contributed by atoms with Gasteiger partial charge in [0.1, 0.15) is 0 Å². The van der Waals surface area contributed by atoms with E-state index < -0.39 is 18.0 Å². The zero-order chi connectivity index (χ0) is 12.0. The quantitative estimate of drug-likeness (QED) is 0.627. The molecule has 0 saturated carbocycles. The van der Waals surface area contributed by atoms with Crippen molar-refractivity contribution in [2.45, 2.75) is 46.2 Å². The number of amides is 3. The zero-order valence-electron chi connectivity index (χ0n) is 9.83. The highest BCUT2D eigenvalue weighted by atomic mass is 16.2. The van der Waals surface area contributed by atoms with Crippen LogP contribution in [0.4, 0.5) is 4.79 Å². The van der Waals surface area contributed by atoms with E-state index in [2.05, 4.69) is 19.2 Å². The van der Waals surface area contributed by atoms with Gasteiger partial charge in [-0.1, -0.05) is 20.3 Å². The first kappa shape index (κ1) is 13.9. The first-order chi connectivity index (χ1) is 6.88. The highest BCUT2D eigenvalue weighted by molar-refractivity contribution is 5.96. The van der Waals surface area contributed by atoms with Crippen LogP contribution in [0.1, 0.15) is 34.1 Å². The molecule has 0 aliphatic carbocycles. The number of carbonyl (C=O) groups is 2. The van der Waals surface area contributed by atoms with Crippen LogP contribution in [0.5, 0.6) is 0 Å². The number of hydrogen-bond acceptors (Lipinski definition) is 3. The van der Waals surface area contributed by atoms with E-state index in [4.69, 9.17) is 5.73 Å². The van der Waals surface area contributed by atoms with E-state index in [0.29, 0.717) is 5.92 Å². The fraction of sp³-hybridized carbons (Fsp3) is 0.800. The predicted octanol–water partition coefficient (Wildman–Crippen LogP) is 0.594. The molecule has 15 heavy (non-hydrogen) atoms. The molecule has 0 aromatic heterocycles. The van der Waals surface area contributed by atoms with E-state index in [1.54, 1.807) is 6.92 Å². The van der Waals surface area contributed by atoms with Crippen molar-refractivity contribution in [1.29, 1.82) is 0 Å². The van der Waals surface area contributed by atoms with Crippen LogP contribution in [-0.2, 0) is 4.79 Å². The lowest BCUT2D eigenvalue weighted by Crippen LogP contribution is -2.50. The molecule has 0 aliphatic heterocycles. The highest BCUT2D eigenvalue weighted by Gasteiger charge is 2.18. The minimum absolute atomic E-state index is 0.226. The number of nitrogens with two attached hydrogens (primary N) is 1. The Morgan fingerprint density at radius 1 is 1.27 bits per heavy atom. The van der Waals surface area contributed by atoms with Gasteiger partial charge in [-0.2, -0.15) is 0 Å². The molecular weight excluding hydrogens is 194 g/mol. The molecule has 5 nitrogen and oxygen atoms in total. The molecule has 0 aromatic carbocycles. The molecule has 5 heteroatoms. The summed E-state index contributed by atoms with van der Waals surface area (Å²) in [6.45, 7) is 7.92. The molecule has 88 valence electrons. The fourth-order valence-electron chi connectivity index (χ4n) is 1.22. The zero-order valence-corrected chi connectivity index (χ0v) is 9.83. The van der Waals surface area contributed by atoms with Crippen LogP contribution in [0.15, 0.2) is 0 Å². The minimum Gasteiger partial charge on any atom is -0.351 e. The van der Waals surface area contributed by atoms with Gasteiger partial charge in [-0.05, 0) is 19.8 Å². The SMILES string of the molecule is CCC(C)C(C)NC(C)C(=O)NC(N)=O. The van der Waals surface area contributed by atoms with Crippen molar-refractivity contribution in [2.75, 3.05) is 0 Å². The van der Waals surface area contributed by atoms with Crippen molar-refractivity contribution in [3.8, 4) is 0 Å². The molecule has 0 spiro atoms. The van der Waals surface area contributed by atoms with Gasteiger partial charge in [-0.25, -0.2) is 4.79 Å². The smallest absolute Gasteiger partial charge is 0.318 e. The maximum absolute atomic E-state index is 11.3. The third-order valence-corrected chi connectivity index (χ3v) is 2.65. The van der Waals surface area contributed by atoms with Gasteiger partial charge in [-0.3, -0.25) is 10.1 Å². The van der Waals surface area contributed by atoms with E-state index in [-0.39, 0.29) is 6.04 Å². The van der Waals surface area contributed by atoms with Gasteiger partial charge in [0.25, 0.3) is 0 Å². The van der Waals surface area contributed by atoms with Gasteiger partial charge in [0.05, 0.1) is 6.04 Å². The third-order valence-electron chi connectivity index (χ3n) is 2.65. The predicted molar refractivity (Wildman–Crippen MR) is 59.2 cm³/mol. The summed E-state index contributed by atoms with van der Waals surface area (Å²) < 4.78 is 0. The number of primary amides is 1. The molecule has 0 heterocycles. The summed E-state index contributed by atoms with van der Waals surface area (Å²) in [5, 5.41) is 5.16. The first-order valence-corrected chi connectivity index (χ1v) is 5.24. The Kier molecular flexibility index (Phi) is 5.93. The maximum Gasteiger partial charge on any atom is 0.318 e. The Balaban J connectivity index is 4.06. The molecule has 0 bridgehead atoms. The first-order valence-electron chi connectivity index (χ1n) is 5.24. The summed E-state index contributed by atoms with van der Waals surface area (Å²) in [6.07, 6.45) is 1.04. The summed E-state index contributed by atoms with van der Waals surface area (Å²) in [5.74, 6) is 0.0893. The van der Waals surface area contributed by atoms with E-state index in [0.717, 1.165) is 6.42 Å². The van der Waals surface area contributed by atoms with Crippen LogP contribution in [0.2, 0.25) is 0 Å². The Morgan fingerprint density at radius 2 is 1.80 bits per heavy atom. The number of hydrogen-bond donors (Lipinski definition) is 3. The van der Waals surface area contributed by atoms with Gasteiger partial charge in [0, 0.05) is 6.04 Å². The van der Waals surface area contributed by atoms with Gasteiger partial charge >= 0.3 is 6.03 Å². The van der Waals surface area contributed by atoms with Crippen LogP contribution in [0.25, 0.3) is 0 Å². The van der Waals surface area contributed by atoms with E-state index in [1.165, 1.54) is 0 Å². The number of imide groups is 1. The molecule has 0 fully saturated rings. The number of rotatable bonds is 5. The molecule has 3 unspecified atom stereocenters. The molecule has 0 aliphatic rings. The second kappa shape index (κ2) is 6.40. The van der Waals surface area contributed by atoms with E-state index in [9.17, 15) is 9.59 Å². The van der Waals surface area contributed by atoms with E-state index in [1.807, 2.05) is 12.2 Å². The minimum atomic E-state index is -0.815. The highest BCUT2D eigenvalue weighted by Crippen LogP contribution is 2.07. The van der Waals surface area contributed by atoms with Gasteiger partial charge in [0.15, 0.2) is 0 Å². The van der Waals surface area contributed by atoms with Crippen molar-refractivity contribution < 1.29 is 9.59 Å². The molecule has 4 N–H and O–H groups in total. The summed E-state index contributed by atoms with van der Waals surface area (Å²) in [5.41, 5.74) is 4.85. The summed E-state index contributed by atoms with van der Waals surface area (Å²) in [4.78, 5) is 21.8. The monoisotopic (exact) mass is 215 g/mol. The summed E-state index contributed by atoms with van der Waals surface area (Å²) >= 11 is 0. The second-order valence-electron chi connectivity index (χ2n) is 3.92. The van der Waals surface area contributed by atoms with Crippen LogP contribution in [0.3, 0.4) is 0 Å². The molecular formula is C10H21N3O2. The third kappa shape index (κ3) is 5.37. The largest absolute Gasteiger partial charge is 0.351 e. The van der Waals surface area contributed by atoms with Gasteiger partial charge in [-0.15, -0.1) is 0 Å². The van der Waals surface area contributed by atoms with Crippen molar-refractivity contribution >= 4 is 11.9 Å². The van der Waals surface area contributed by atoms with Gasteiger partial charge in [0.2, 0.25) is 5.91 Å². The van der Waals surface area contributed by atoms with Crippen molar-refractivity contribution in [3.63, 3.8) is 0 Å². The Hall–Kier alpha value is -1.10. The fourth-order valence-corrected chi connectivity index (χ4v) is 1.22. The van der Waals surface area contributed by atoms with Crippen molar-refractivity contribution in [2.24, 2.45) is 11.7 Å². The summed E-state index contributed by atoms with van der Waals surface area (Å²) in [6, 6.07) is -1.00. The normalized spacial score (nSPS) is 16.5.